The average molecular weight is 405 g/mol. The Morgan fingerprint density at radius 3 is 2.79 bits per heavy atom. The van der Waals surface area contributed by atoms with Gasteiger partial charge in [-0.15, -0.1) is 10.2 Å². The van der Waals surface area contributed by atoms with Gasteiger partial charge in [0.1, 0.15) is 10.8 Å². The molecule has 1 unspecified atom stereocenters. The smallest absolute Gasteiger partial charge is 0.321 e. The van der Waals surface area contributed by atoms with Gasteiger partial charge >= 0.3 is 6.03 Å². The van der Waals surface area contributed by atoms with Gasteiger partial charge in [0.2, 0.25) is 5.13 Å². The number of aromatic nitrogens is 2. The van der Waals surface area contributed by atoms with Gasteiger partial charge in [-0.25, -0.2) is 9.18 Å². The molecule has 2 N–H and O–H groups in total. The molecular weight excluding hydrogens is 379 g/mol. The standard InChI is InChI=1S/C20H25FN4O2S/c21-15-6-4-14(5-7-15)12-17-24-25-19(28-17)23-18(26)22-16-8-11-27-20(13-16)9-2-1-3-10-20/h4-7,16H,1-3,8-13H2,(H2,22,23,25,26). The quantitative estimate of drug-likeness (QED) is 0.798. The largest absolute Gasteiger partial charge is 0.375 e. The van der Waals surface area contributed by atoms with Crippen molar-refractivity contribution in [2.75, 3.05) is 11.9 Å². The molecule has 1 saturated carbocycles. The number of halogens is 1. The van der Waals surface area contributed by atoms with Crippen molar-refractivity contribution >= 4 is 22.5 Å². The van der Waals surface area contributed by atoms with Crippen molar-refractivity contribution in [3.8, 4) is 0 Å². The van der Waals surface area contributed by atoms with Crippen molar-refractivity contribution in [3.63, 3.8) is 0 Å². The maximum Gasteiger partial charge on any atom is 0.321 e. The van der Waals surface area contributed by atoms with Gasteiger partial charge in [0.05, 0.1) is 5.60 Å². The maximum absolute atomic E-state index is 13.0. The first-order valence-electron chi connectivity index (χ1n) is 9.89. The molecule has 0 bridgehead atoms. The topological polar surface area (TPSA) is 76.1 Å². The summed E-state index contributed by atoms with van der Waals surface area (Å²) in [6.07, 6.45) is 8.16. The van der Waals surface area contributed by atoms with Gasteiger partial charge in [-0.3, -0.25) is 5.32 Å². The van der Waals surface area contributed by atoms with Gasteiger partial charge < -0.3 is 10.1 Å². The van der Waals surface area contributed by atoms with Crippen LogP contribution in [-0.2, 0) is 11.2 Å². The summed E-state index contributed by atoms with van der Waals surface area (Å²) in [6.45, 7) is 0.700. The fourth-order valence-corrected chi connectivity index (χ4v) is 4.94. The lowest BCUT2D eigenvalue weighted by Crippen LogP contribution is -2.50. The molecule has 2 aromatic rings. The van der Waals surface area contributed by atoms with Crippen LogP contribution >= 0.6 is 11.3 Å². The number of rotatable bonds is 4. The second-order valence-corrected chi connectivity index (χ2v) is 8.75. The molecule has 6 nitrogen and oxygen atoms in total. The zero-order valence-electron chi connectivity index (χ0n) is 15.7. The van der Waals surface area contributed by atoms with E-state index in [0.717, 1.165) is 36.3 Å². The van der Waals surface area contributed by atoms with Crippen LogP contribution in [0.3, 0.4) is 0 Å². The highest BCUT2D eigenvalue weighted by molar-refractivity contribution is 7.15. The Morgan fingerprint density at radius 2 is 2.00 bits per heavy atom. The van der Waals surface area contributed by atoms with Crippen molar-refractivity contribution in [1.29, 1.82) is 0 Å². The first-order chi connectivity index (χ1) is 13.6. The molecule has 0 radical (unpaired) electrons. The molecule has 8 heteroatoms. The summed E-state index contributed by atoms with van der Waals surface area (Å²) >= 11 is 1.33. The molecule has 1 aliphatic carbocycles. The molecule has 2 aliphatic rings. The van der Waals surface area contributed by atoms with E-state index in [9.17, 15) is 9.18 Å². The van der Waals surface area contributed by atoms with Crippen LogP contribution in [0.15, 0.2) is 24.3 Å². The predicted molar refractivity (Wildman–Crippen MR) is 106 cm³/mol. The van der Waals surface area contributed by atoms with Crippen molar-refractivity contribution in [2.45, 2.75) is 63.0 Å². The lowest BCUT2D eigenvalue weighted by atomic mass is 9.78. The highest BCUT2D eigenvalue weighted by atomic mass is 32.1. The second kappa shape index (κ2) is 8.53. The molecule has 2 amide bonds. The zero-order valence-corrected chi connectivity index (χ0v) is 16.6. The fraction of sp³-hybridized carbons (Fsp3) is 0.550. The van der Waals surface area contributed by atoms with E-state index in [2.05, 4.69) is 20.8 Å². The molecule has 1 spiro atoms. The van der Waals surface area contributed by atoms with Crippen LogP contribution in [0.5, 0.6) is 0 Å². The number of ether oxygens (including phenoxy) is 1. The van der Waals surface area contributed by atoms with Crippen LogP contribution in [-0.4, -0.2) is 34.5 Å². The van der Waals surface area contributed by atoms with E-state index in [1.54, 1.807) is 12.1 Å². The van der Waals surface area contributed by atoms with Crippen LogP contribution in [0.1, 0.15) is 55.5 Å². The molecule has 150 valence electrons. The van der Waals surface area contributed by atoms with Gasteiger partial charge in [-0.05, 0) is 43.4 Å². The van der Waals surface area contributed by atoms with E-state index in [-0.39, 0.29) is 23.5 Å². The minimum absolute atomic E-state index is 0.0422. The summed E-state index contributed by atoms with van der Waals surface area (Å²) in [5.74, 6) is -0.261. The summed E-state index contributed by atoms with van der Waals surface area (Å²) in [4.78, 5) is 12.4. The maximum atomic E-state index is 13.0. The third kappa shape index (κ3) is 4.86. The molecule has 1 aliphatic heterocycles. The number of hydrogen-bond acceptors (Lipinski definition) is 5. The summed E-state index contributed by atoms with van der Waals surface area (Å²) in [5, 5.41) is 15.3. The average Bonchev–Trinajstić information content (AvgIpc) is 3.11. The Kier molecular flexibility index (Phi) is 5.87. The Hall–Kier alpha value is -2.06. The first kappa shape index (κ1) is 19.3. The number of carbonyl (C=O) groups excluding carboxylic acids is 1. The van der Waals surface area contributed by atoms with E-state index in [1.165, 1.54) is 42.7 Å². The molecule has 2 heterocycles. The minimum atomic E-state index is -0.261. The normalized spacial score (nSPS) is 21.4. The second-order valence-electron chi connectivity index (χ2n) is 7.68. The number of amides is 2. The summed E-state index contributed by atoms with van der Waals surface area (Å²) < 4.78 is 19.1. The Bertz CT molecular complexity index is 799. The number of hydrogen-bond donors (Lipinski definition) is 2. The van der Waals surface area contributed by atoms with E-state index >= 15 is 0 Å². The minimum Gasteiger partial charge on any atom is -0.375 e. The highest BCUT2D eigenvalue weighted by Crippen LogP contribution is 2.38. The van der Waals surface area contributed by atoms with Crippen LogP contribution in [0, 0.1) is 5.82 Å². The van der Waals surface area contributed by atoms with Crippen molar-refractivity contribution in [3.05, 3.63) is 40.7 Å². The third-order valence-corrected chi connectivity index (χ3v) is 6.39. The Balaban J connectivity index is 1.29. The van der Waals surface area contributed by atoms with Gasteiger partial charge in [0.25, 0.3) is 0 Å². The van der Waals surface area contributed by atoms with Gasteiger partial charge in [-0.1, -0.05) is 42.7 Å². The number of nitrogens with zero attached hydrogens (tertiary/aromatic N) is 2. The van der Waals surface area contributed by atoms with Crippen molar-refractivity contribution < 1.29 is 13.9 Å². The number of urea groups is 1. The van der Waals surface area contributed by atoms with E-state index < -0.39 is 0 Å². The predicted octanol–water partition coefficient (Wildman–Crippen LogP) is 4.27. The lowest BCUT2D eigenvalue weighted by molar-refractivity contribution is -0.107. The monoisotopic (exact) mass is 404 g/mol. The van der Waals surface area contributed by atoms with Crippen molar-refractivity contribution in [2.24, 2.45) is 0 Å². The lowest BCUT2D eigenvalue weighted by Gasteiger charge is -2.43. The fourth-order valence-electron chi connectivity index (χ4n) is 4.17. The Labute approximate surface area is 167 Å². The van der Waals surface area contributed by atoms with Crippen LogP contribution in [0.4, 0.5) is 14.3 Å². The number of carbonyl (C=O) groups is 1. The molecule has 4 rings (SSSR count). The molecule has 1 saturated heterocycles. The molecule has 1 aromatic heterocycles. The zero-order chi connectivity index (χ0) is 19.4. The summed E-state index contributed by atoms with van der Waals surface area (Å²) in [5.41, 5.74) is 0.910. The van der Waals surface area contributed by atoms with Crippen LogP contribution in [0.25, 0.3) is 0 Å². The molecule has 1 atom stereocenters. The van der Waals surface area contributed by atoms with E-state index in [1.807, 2.05) is 0 Å². The Morgan fingerprint density at radius 1 is 1.21 bits per heavy atom. The van der Waals surface area contributed by atoms with Gasteiger partial charge in [0.15, 0.2) is 0 Å². The highest BCUT2D eigenvalue weighted by Gasteiger charge is 2.38. The molecule has 1 aromatic carbocycles. The number of benzene rings is 1. The summed E-state index contributed by atoms with van der Waals surface area (Å²) in [7, 11) is 0. The van der Waals surface area contributed by atoms with Gasteiger partial charge in [0, 0.05) is 19.1 Å². The first-order valence-corrected chi connectivity index (χ1v) is 10.7. The van der Waals surface area contributed by atoms with Crippen LogP contribution < -0.4 is 10.6 Å². The molecule has 2 fully saturated rings. The van der Waals surface area contributed by atoms with E-state index in [4.69, 9.17) is 4.74 Å². The van der Waals surface area contributed by atoms with E-state index in [0.29, 0.717) is 18.2 Å². The van der Waals surface area contributed by atoms with Gasteiger partial charge in [-0.2, -0.15) is 0 Å². The van der Waals surface area contributed by atoms with Crippen molar-refractivity contribution in [1.82, 2.24) is 15.5 Å². The van der Waals surface area contributed by atoms with Crippen LogP contribution in [0.2, 0.25) is 0 Å². The molecule has 28 heavy (non-hydrogen) atoms. The number of nitrogens with one attached hydrogen (secondary N) is 2. The SMILES string of the molecule is O=C(Nc1nnc(Cc2ccc(F)cc2)s1)NC1CCOC2(CCCCC2)C1. The third-order valence-electron chi connectivity index (χ3n) is 5.55. The molecular formula is C20H25FN4O2S. The summed E-state index contributed by atoms with van der Waals surface area (Å²) in [6, 6.07) is 6.18. The number of anilines is 1.